The van der Waals surface area contributed by atoms with Gasteiger partial charge >= 0.3 is 5.97 Å². The molecule has 5 aliphatic rings. The van der Waals surface area contributed by atoms with Crippen LogP contribution in [-0.4, -0.2) is 57.3 Å². The number of fused-ring (bicyclic) bond motifs is 3. The van der Waals surface area contributed by atoms with Crippen molar-refractivity contribution >= 4 is 5.97 Å². The van der Waals surface area contributed by atoms with Crippen molar-refractivity contribution in [3.8, 4) is 17.5 Å². The second-order valence-corrected chi connectivity index (χ2v) is 21.2. The zero-order chi connectivity index (χ0) is 40.1. The Bertz CT molecular complexity index is 1890. The van der Waals surface area contributed by atoms with Gasteiger partial charge in [-0.25, -0.2) is 9.67 Å². The molecule has 4 aliphatic carbocycles. The highest BCUT2D eigenvalue weighted by molar-refractivity contribution is 5.73. The second-order valence-electron chi connectivity index (χ2n) is 21.2. The normalized spacial score (nSPS) is 40.1. The minimum Gasteiger partial charge on any atom is -0.481 e. The lowest BCUT2D eigenvalue weighted by molar-refractivity contribution is -0.253. The first kappa shape index (κ1) is 40.1. The number of nitrogens with zero attached hydrogens (tertiary/aromatic N) is 4. The molecule has 0 amide bonds. The summed E-state index contributed by atoms with van der Waals surface area (Å²) in [7, 11) is 0. The molecule has 9 nitrogen and oxygen atoms in total. The predicted molar refractivity (Wildman–Crippen MR) is 215 cm³/mol. The fourth-order valence-corrected chi connectivity index (χ4v) is 13.0. The first-order valence-electron chi connectivity index (χ1n) is 20.9. The second kappa shape index (κ2) is 13.2. The molecule has 7 rings (SSSR count). The summed E-state index contributed by atoms with van der Waals surface area (Å²) in [5.41, 5.74) is 7.65. The van der Waals surface area contributed by atoms with E-state index in [1.807, 2.05) is 24.3 Å². The summed E-state index contributed by atoms with van der Waals surface area (Å²) in [6.07, 6.45) is 9.38. The van der Waals surface area contributed by atoms with Gasteiger partial charge in [-0.15, -0.1) is 0 Å². The van der Waals surface area contributed by atoms with Gasteiger partial charge in [-0.2, -0.15) is 10.4 Å². The number of ether oxygens (including phenoxy) is 2. The van der Waals surface area contributed by atoms with Gasteiger partial charge < -0.3 is 20.3 Å². The van der Waals surface area contributed by atoms with Gasteiger partial charge in [0.15, 0.2) is 5.82 Å². The zero-order valence-electron chi connectivity index (χ0n) is 35.4. The van der Waals surface area contributed by atoms with Gasteiger partial charge in [0.2, 0.25) is 0 Å². The molecule has 2 heterocycles. The average molecular weight is 754 g/mol. The molecule has 0 unspecified atom stereocenters. The van der Waals surface area contributed by atoms with Gasteiger partial charge in [-0.1, -0.05) is 93.0 Å². The Balaban J connectivity index is 1.36. The van der Waals surface area contributed by atoms with Crippen molar-refractivity contribution < 1.29 is 19.4 Å². The van der Waals surface area contributed by atoms with E-state index < -0.39 is 22.8 Å². The van der Waals surface area contributed by atoms with Crippen LogP contribution in [0.2, 0.25) is 0 Å². The lowest BCUT2D eigenvalue weighted by Gasteiger charge is -2.71. The van der Waals surface area contributed by atoms with E-state index in [4.69, 9.17) is 25.3 Å². The largest absolute Gasteiger partial charge is 0.481 e. The Kier molecular flexibility index (Phi) is 9.67. The Morgan fingerprint density at radius 1 is 1.11 bits per heavy atom. The van der Waals surface area contributed by atoms with Crippen LogP contribution in [0.1, 0.15) is 126 Å². The maximum atomic E-state index is 13.6. The molecule has 1 saturated heterocycles. The van der Waals surface area contributed by atoms with E-state index in [1.165, 1.54) is 5.57 Å². The Hall–Kier alpha value is -3.06. The van der Waals surface area contributed by atoms with Crippen molar-refractivity contribution in [3.05, 3.63) is 47.8 Å². The Labute approximate surface area is 329 Å². The molecular formula is C46H67N5O4. The molecule has 0 spiro atoms. The Morgan fingerprint density at radius 3 is 2.49 bits per heavy atom. The van der Waals surface area contributed by atoms with Crippen molar-refractivity contribution in [3.63, 3.8) is 0 Å². The summed E-state index contributed by atoms with van der Waals surface area (Å²) in [4.78, 5) is 18.4. The van der Waals surface area contributed by atoms with Crippen LogP contribution in [0.4, 0.5) is 0 Å². The molecular weight excluding hydrogens is 687 g/mol. The summed E-state index contributed by atoms with van der Waals surface area (Å²) >= 11 is 0. The maximum absolute atomic E-state index is 13.6. The van der Waals surface area contributed by atoms with Crippen molar-refractivity contribution in [1.29, 1.82) is 5.26 Å². The highest BCUT2D eigenvalue weighted by Gasteiger charge is 2.72. The van der Waals surface area contributed by atoms with Crippen LogP contribution in [0.3, 0.4) is 0 Å². The molecule has 2 aromatic rings. The summed E-state index contributed by atoms with van der Waals surface area (Å²) < 4.78 is 16.1. The molecule has 9 heteroatoms. The summed E-state index contributed by atoms with van der Waals surface area (Å²) in [5.74, 6) is 0.895. The molecule has 1 aromatic carbocycles. The number of aromatic nitrogens is 3. The van der Waals surface area contributed by atoms with Crippen LogP contribution in [0, 0.1) is 73.4 Å². The average Bonchev–Trinajstić information content (AvgIpc) is 3.60. The maximum Gasteiger partial charge on any atom is 0.307 e. The van der Waals surface area contributed by atoms with E-state index >= 15 is 0 Å². The highest BCUT2D eigenvalue weighted by Crippen LogP contribution is 2.75. The van der Waals surface area contributed by atoms with Crippen LogP contribution >= 0.6 is 0 Å². The Morgan fingerprint density at radius 2 is 1.84 bits per heavy atom. The third kappa shape index (κ3) is 5.73. The smallest absolute Gasteiger partial charge is 0.307 e. The van der Waals surface area contributed by atoms with E-state index in [2.05, 4.69) is 93.0 Å². The number of nitriles is 1. The first-order chi connectivity index (χ1) is 25.6. The fraction of sp³-hybridized carbons (Fsp3) is 0.739. The number of carboxylic acids is 1. The van der Waals surface area contributed by atoms with Crippen LogP contribution in [0.15, 0.2) is 42.2 Å². The van der Waals surface area contributed by atoms with Crippen LogP contribution in [-0.2, 0) is 14.3 Å². The molecule has 3 saturated carbocycles. The third-order valence-corrected chi connectivity index (χ3v) is 17.5. The van der Waals surface area contributed by atoms with Gasteiger partial charge in [0, 0.05) is 21.9 Å². The lowest BCUT2D eigenvalue weighted by Crippen LogP contribution is -2.69. The number of benzene rings is 1. The fourth-order valence-electron chi connectivity index (χ4n) is 13.0. The minimum atomic E-state index is -0.639. The number of allylic oxidation sites excluding steroid dienone is 1. The number of aliphatic carboxylic acids is 1. The molecule has 3 N–H and O–H groups in total. The van der Waals surface area contributed by atoms with Gasteiger partial charge in [-0.3, -0.25) is 4.79 Å². The molecule has 55 heavy (non-hydrogen) atoms. The van der Waals surface area contributed by atoms with E-state index in [9.17, 15) is 15.2 Å². The molecule has 12 atom stereocenters. The molecule has 1 aliphatic heterocycles. The third-order valence-electron chi connectivity index (χ3n) is 17.5. The van der Waals surface area contributed by atoms with Crippen molar-refractivity contribution in [1.82, 2.24) is 14.8 Å². The molecule has 1 aromatic heterocycles. The number of hydrogen-bond donors (Lipinski definition) is 2. The zero-order valence-corrected chi connectivity index (χ0v) is 35.4. The summed E-state index contributed by atoms with van der Waals surface area (Å²) in [5, 5.41) is 25.9. The number of carboxylic acid groups (broad SMARTS) is 1. The number of rotatable bonds is 8. The van der Waals surface area contributed by atoms with Crippen LogP contribution < -0.4 is 5.73 Å². The molecule has 4 fully saturated rings. The van der Waals surface area contributed by atoms with Gasteiger partial charge in [-0.05, 0) is 103 Å². The van der Waals surface area contributed by atoms with Crippen LogP contribution in [0.25, 0.3) is 11.4 Å². The van der Waals surface area contributed by atoms with Crippen molar-refractivity contribution in [2.45, 2.75) is 132 Å². The standard InChI is InChI=1S/C46H67N5O4/c1-28(2)29(3)41(7)19-20-43(9)32-15-16-35-42(8)24-54-26-46(35,33(32)17-18-44(43,10)36(41)39(52)53)22-34(37(42)55-25-45(11,48)40(4,5)6)51-38(49-27-50-51)31-14-12-13-30(21-31)23-47/h12-14,17,21,27-29,32,34-37H,15-16,18-20,22,24-26,48H2,1-11H3,(H,52,53)/t29-,32+,34-,35+,36-,37+,41-,42-,43-,44+,45+,46+/m1/s1. The van der Waals surface area contributed by atoms with E-state index in [1.54, 1.807) is 6.33 Å². The summed E-state index contributed by atoms with van der Waals surface area (Å²) in [6.45, 7) is 26.4. The van der Waals surface area contributed by atoms with E-state index in [0.717, 1.165) is 49.9 Å². The van der Waals surface area contributed by atoms with E-state index in [0.29, 0.717) is 37.2 Å². The van der Waals surface area contributed by atoms with Crippen molar-refractivity contribution in [2.75, 3.05) is 19.8 Å². The number of carbonyl (C=O) groups is 1. The van der Waals surface area contributed by atoms with Gasteiger partial charge in [0.25, 0.3) is 0 Å². The quantitative estimate of drug-likeness (QED) is 0.255. The molecule has 300 valence electrons. The van der Waals surface area contributed by atoms with Gasteiger partial charge in [0.05, 0.1) is 49.5 Å². The first-order valence-corrected chi connectivity index (χ1v) is 20.9. The number of hydrogen-bond acceptors (Lipinski definition) is 7. The monoisotopic (exact) mass is 754 g/mol. The SMILES string of the molecule is CC(C)[C@@H](C)[C@@]1(C)CC[C@]2(C)[C@H]3CC[C@@H]4[C@@]5(COC[C@@]4(C)[C@@H](OC[C@](C)(N)C(C)(C)C)[C@H](n4ncnc4-c4cccc(C#N)c4)C5)C3=CC[C@@]2(C)[C@@H]1C(=O)O. The topological polar surface area (TPSA) is 136 Å². The van der Waals surface area contributed by atoms with Crippen LogP contribution in [0.5, 0.6) is 0 Å². The number of nitrogens with two attached hydrogens (primary N) is 1. The lowest BCUT2D eigenvalue weighted by atomic mass is 9.34. The van der Waals surface area contributed by atoms with Crippen molar-refractivity contribution in [2.24, 2.45) is 67.8 Å². The highest BCUT2D eigenvalue weighted by atomic mass is 16.5. The summed E-state index contributed by atoms with van der Waals surface area (Å²) in [6, 6.07) is 9.72. The van der Waals surface area contributed by atoms with Gasteiger partial charge in [0.1, 0.15) is 6.33 Å². The molecule has 0 radical (unpaired) electrons. The predicted octanol–water partition coefficient (Wildman–Crippen LogP) is 9.10. The van der Waals surface area contributed by atoms with E-state index in [-0.39, 0.29) is 51.1 Å². The minimum absolute atomic E-state index is 0.182. The molecule has 2 bridgehead atoms.